The van der Waals surface area contributed by atoms with Crippen molar-refractivity contribution in [2.75, 3.05) is 4.90 Å². The number of halogens is 1. The second-order valence-corrected chi connectivity index (χ2v) is 6.98. The zero-order valence-corrected chi connectivity index (χ0v) is 16.1. The standard InChI is InChI=1S/C23H18FN3O3/c1-15-4-2-5-16(12-15)14-26-11-3-6-19(26)13-20-21(28)25-23(30)27(22(20)29)18-9-7-17(24)8-10-18/h2-13H,14H2,1H3,(H,25,28,30)/b20-13-. The molecule has 2 heterocycles. The van der Waals surface area contributed by atoms with Crippen molar-refractivity contribution in [2.24, 2.45) is 0 Å². The van der Waals surface area contributed by atoms with Crippen molar-refractivity contribution >= 4 is 29.6 Å². The lowest BCUT2D eigenvalue weighted by atomic mass is 10.1. The SMILES string of the molecule is Cc1cccc(Cn2cccc2/C=C2/C(=O)NC(=O)N(c3ccc(F)cc3)C2=O)c1. The molecular weight excluding hydrogens is 385 g/mol. The van der Waals surface area contributed by atoms with Crippen LogP contribution in [0.5, 0.6) is 0 Å². The lowest BCUT2D eigenvalue weighted by molar-refractivity contribution is -0.122. The van der Waals surface area contributed by atoms with Gasteiger partial charge < -0.3 is 4.57 Å². The van der Waals surface area contributed by atoms with Gasteiger partial charge in [-0.3, -0.25) is 14.9 Å². The maximum Gasteiger partial charge on any atom is 0.335 e. The van der Waals surface area contributed by atoms with Crippen LogP contribution in [-0.4, -0.2) is 22.4 Å². The average molecular weight is 403 g/mol. The monoisotopic (exact) mass is 403 g/mol. The first kappa shape index (κ1) is 19.3. The van der Waals surface area contributed by atoms with Gasteiger partial charge in [0.05, 0.1) is 5.69 Å². The number of urea groups is 1. The Morgan fingerprint density at radius 3 is 2.50 bits per heavy atom. The second kappa shape index (κ2) is 7.79. The van der Waals surface area contributed by atoms with E-state index < -0.39 is 23.7 Å². The fourth-order valence-electron chi connectivity index (χ4n) is 3.34. The van der Waals surface area contributed by atoms with Crippen LogP contribution < -0.4 is 10.2 Å². The third-order valence-electron chi connectivity index (χ3n) is 4.78. The molecule has 1 aliphatic heterocycles. The maximum atomic E-state index is 13.2. The van der Waals surface area contributed by atoms with Gasteiger partial charge in [-0.05, 0) is 55.0 Å². The van der Waals surface area contributed by atoms with Gasteiger partial charge in [-0.25, -0.2) is 14.1 Å². The molecule has 0 atom stereocenters. The molecule has 2 aromatic carbocycles. The molecule has 150 valence electrons. The van der Waals surface area contributed by atoms with E-state index in [-0.39, 0.29) is 11.3 Å². The molecule has 0 unspecified atom stereocenters. The number of rotatable bonds is 4. The smallest absolute Gasteiger partial charge is 0.335 e. The first-order valence-electron chi connectivity index (χ1n) is 9.30. The summed E-state index contributed by atoms with van der Waals surface area (Å²) >= 11 is 0. The van der Waals surface area contributed by atoms with Gasteiger partial charge in [-0.2, -0.15) is 0 Å². The molecule has 1 aliphatic rings. The summed E-state index contributed by atoms with van der Waals surface area (Å²) in [4.78, 5) is 38.4. The minimum Gasteiger partial charge on any atom is -0.344 e. The zero-order chi connectivity index (χ0) is 21.3. The van der Waals surface area contributed by atoms with E-state index in [0.29, 0.717) is 12.2 Å². The normalized spacial score (nSPS) is 15.6. The van der Waals surface area contributed by atoms with Gasteiger partial charge in [0, 0.05) is 18.4 Å². The fourth-order valence-corrected chi connectivity index (χ4v) is 3.34. The quantitative estimate of drug-likeness (QED) is 0.534. The summed E-state index contributed by atoms with van der Waals surface area (Å²) in [7, 11) is 0. The Hall–Kier alpha value is -4.00. The average Bonchev–Trinajstić information content (AvgIpc) is 3.13. The predicted octanol–water partition coefficient (Wildman–Crippen LogP) is 3.65. The van der Waals surface area contributed by atoms with Gasteiger partial charge >= 0.3 is 6.03 Å². The van der Waals surface area contributed by atoms with Gasteiger partial charge in [-0.1, -0.05) is 29.8 Å². The molecule has 1 aromatic heterocycles. The minimum atomic E-state index is -0.871. The molecule has 1 N–H and O–H groups in total. The van der Waals surface area contributed by atoms with Crippen LogP contribution in [0.25, 0.3) is 6.08 Å². The lowest BCUT2D eigenvalue weighted by Crippen LogP contribution is -2.54. The number of nitrogens with one attached hydrogen (secondary N) is 1. The Morgan fingerprint density at radius 2 is 1.77 bits per heavy atom. The maximum absolute atomic E-state index is 13.2. The number of barbiturate groups is 1. The van der Waals surface area contributed by atoms with E-state index in [1.165, 1.54) is 18.2 Å². The topological polar surface area (TPSA) is 71.4 Å². The molecule has 30 heavy (non-hydrogen) atoms. The highest BCUT2D eigenvalue weighted by atomic mass is 19.1. The molecule has 0 aliphatic carbocycles. The summed E-state index contributed by atoms with van der Waals surface area (Å²) in [6, 6.07) is 15.7. The summed E-state index contributed by atoms with van der Waals surface area (Å²) in [5.74, 6) is -2.03. The van der Waals surface area contributed by atoms with Crippen molar-refractivity contribution in [1.82, 2.24) is 9.88 Å². The van der Waals surface area contributed by atoms with Crippen LogP contribution in [0.1, 0.15) is 16.8 Å². The van der Waals surface area contributed by atoms with Crippen LogP contribution in [0.15, 0.2) is 72.4 Å². The summed E-state index contributed by atoms with van der Waals surface area (Å²) in [5.41, 5.74) is 2.85. The Kier molecular flexibility index (Phi) is 5.02. The highest BCUT2D eigenvalue weighted by Gasteiger charge is 2.36. The number of aromatic nitrogens is 1. The fraction of sp³-hybridized carbons (Fsp3) is 0.0870. The predicted molar refractivity (Wildman–Crippen MR) is 110 cm³/mol. The summed E-state index contributed by atoms with van der Waals surface area (Å²) < 4.78 is 15.1. The largest absolute Gasteiger partial charge is 0.344 e. The molecule has 4 rings (SSSR count). The van der Waals surface area contributed by atoms with Crippen molar-refractivity contribution in [3.05, 3.63) is 95.1 Å². The number of aryl methyl sites for hydroxylation is 1. The number of nitrogens with zero attached hydrogens (tertiary/aromatic N) is 2. The molecule has 0 bridgehead atoms. The number of amides is 4. The van der Waals surface area contributed by atoms with Gasteiger partial charge in [-0.15, -0.1) is 0 Å². The molecule has 7 heteroatoms. The van der Waals surface area contributed by atoms with Crippen LogP contribution in [0, 0.1) is 12.7 Å². The Bertz CT molecular complexity index is 1180. The Balaban J connectivity index is 1.67. The Morgan fingerprint density at radius 1 is 1.00 bits per heavy atom. The van der Waals surface area contributed by atoms with E-state index in [0.717, 1.165) is 28.2 Å². The summed E-state index contributed by atoms with van der Waals surface area (Å²) in [6.07, 6.45) is 3.30. The van der Waals surface area contributed by atoms with E-state index in [1.807, 2.05) is 42.0 Å². The molecule has 0 spiro atoms. The number of carbonyl (C=O) groups excluding carboxylic acids is 3. The highest BCUT2D eigenvalue weighted by molar-refractivity contribution is 6.39. The van der Waals surface area contributed by atoms with E-state index in [2.05, 4.69) is 11.4 Å². The van der Waals surface area contributed by atoms with Crippen LogP contribution in [0.2, 0.25) is 0 Å². The number of imide groups is 2. The summed E-state index contributed by atoms with van der Waals surface area (Å²) in [6.45, 7) is 2.57. The van der Waals surface area contributed by atoms with Gasteiger partial charge in [0.1, 0.15) is 11.4 Å². The van der Waals surface area contributed by atoms with Gasteiger partial charge in [0.15, 0.2) is 0 Å². The van der Waals surface area contributed by atoms with Crippen LogP contribution >= 0.6 is 0 Å². The molecule has 3 aromatic rings. The number of hydrogen-bond donors (Lipinski definition) is 1. The molecule has 0 radical (unpaired) electrons. The lowest BCUT2D eigenvalue weighted by Gasteiger charge is -2.26. The highest BCUT2D eigenvalue weighted by Crippen LogP contribution is 2.22. The van der Waals surface area contributed by atoms with E-state index in [9.17, 15) is 18.8 Å². The van der Waals surface area contributed by atoms with Crippen molar-refractivity contribution in [2.45, 2.75) is 13.5 Å². The summed E-state index contributed by atoms with van der Waals surface area (Å²) in [5, 5.41) is 2.17. The molecule has 0 saturated carbocycles. The van der Waals surface area contributed by atoms with E-state index >= 15 is 0 Å². The number of benzene rings is 2. The third kappa shape index (κ3) is 3.77. The van der Waals surface area contributed by atoms with Crippen molar-refractivity contribution in [3.8, 4) is 0 Å². The number of hydrogen-bond acceptors (Lipinski definition) is 3. The van der Waals surface area contributed by atoms with Crippen LogP contribution in [0.3, 0.4) is 0 Å². The van der Waals surface area contributed by atoms with Crippen LogP contribution in [0.4, 0.5) is 14.9 Å². The van der Waals surface area contributed by atoms with E-state index in [1.54, 1.807) is 6.07 Å². The molecule has 6 nitrogen and oxygen atoms in total. The molecule has 1 saturated heterocycles. The molecule has 4 amide bonds. The van der Waals surface area contributed by atoms with Gasteiger partial charge in [0.25, 0.3) is 11.8 Å². The first-order chi connectivity index (χ1) is 14.4. The van der Waals surface area contributed by atoms with Crippen molar-refractivity contribution < 1.29 is 18.8 Å². The minimum absolute atomic E-state index is 0.174. The van der Waals surface area contributed by atoms with Crippen molar-refractivity contribution in [1.29, 1.82) is 0 Å². The molecular formula is C23H18FN3O3. The Labute approximate surface area is 172 Å². The third-order valence-corrected chi connectivity index (χ3v) is 4.78. The number of carbonyl (C=O) groups is 3. The van der Waals surface area contributed by atoms with Crippen LogP contribution in [-0.2, 0) is 16.1 Å². The van der Waals surface area contributed by atoms with Crippen molar-refractivity contribution in [3.63, 3.8) is 0 Å². The van der Waals surface area contributed by atoms with Gasteiger partial charge in [0.2, 0.25) is 0 Å². The number of anilines is 1. The first-order valence-corrected chi connectivity index (χ1v) is 9.30. The molecule has 1 fully saturated rings. The zero-order valence-electron chi connectivity index (χ0n) is 16.1. The van der Waals surface area contributed by atoms with E-state index in [4.69, 9.17) is 0 Å². The second-order valence-electron chi connectivity index (χ2n) is 6.98.